The number of rotatable bonds is 5. The molecule has 0 radical (unpaired) electrons. The van der Waals surface area contributed by atoms with Crippen molar-refractivity contribution in [2.24, 2.45) is 0 Å². The van der Waals surface area contributed by atoms with Crippen molar-refractivity contribution < 1.29 is 4.79 Å². The van der Waals surface area contributed by atoms with Crippen molar-refractivity contribution in [1.29, 1.82) is 0 Å². The van der Waals surface area contributed by atoms with Crippen molar-refractivity contribution in [3.63, 3.8) is 0 Å². The molecule has 26 heavy (non-hydrogen) atoms. The van der Waals surface area contributed by atoms with Gasteiger partial charge in [-0.25, -0.2) is 9.78 Å². The largest absolute Gasteiger partial charge is 0.337 e. The Morgan fingerprint density at radius 2 is 1.38 bits per heavy atom. The molecule has 2 N–H and O–H groups in total. The molecule has 0 saturated carbocycles. The summed E-state index contributed by atoms with van der Waals surface area (Å²) in [6.45, 7) is 0.451. The maximum Gasteiger partial charge on any atom is 0.319 e. The molecule has 0 spiro atoms. The number of urea groups is 1. The van der Waals surface area contributed by atoms with Crippen LogP contribution in [-0.2, 0) is 0 Å². The van der Waals surface area contributed by atoms with Crippen molar-refractivity contribution in [1.82, 2.24) is 10.3 Å². The van der Waals surface area contributed by atoms with Crippen LogP contribution in [0.15, 0.2) is 72.8 Å². The molecule has 2 aromatic carbocycles. The van der Waals surface area contributed by atoms with Gasteiger partial charge in [-0.1, -0.05) is 83.9 Å². The summed E-state index contributed by atoms with van der Waals surface area (Å²) in [6.07, 6.45) is 0. The minimum Gasteiger partial charge on any atom is -0.337 e. The van der Waals surface area contributed by atoms with E-state index in [1.165, 1.54) is 0 Å². The highest BCUT2D eigenvalue weighted by atomic mass is 35.5. The second kappa shape index (κ2) is 8.70. The average Bonchev–Trinajstić information content (AvgIpc) is 2.63. The molecule has 6 heteroatoms. The second-order valence-corrected chi connectivity index (χ2v) is 6.48. The van der Waals surface area contributed by atoms with E-state index in [0.717, 1.165) is 11.1 Å². The van der Waals surface area contributed by atoms with Crippen LogP contribution in [0, 0.1) is 0 Å². The van der Waals surface area contributed by atoms with E-state index < -0.39 is 0 Å². The number of aromatic nitrogens is 1. The summed E-state index contributed by atoms with van der Waals surface area (Å²) in [5, 5.41) is 6.08. The Morgan fingerprint density at radius 3 is 1.88 bits per heavy atom. The van der Waals surface area contributed by atoms with Crippen LogP contribution in [0.5, 0.6) is 0 Å². The third-order valence-corrected chi connectivity index (χ3v) is 4.28. The molecule has 0 aliphatic carbocycles. The lowest BCUT2D eigenvalue weighted by Crippen LogP contribution is -2.32. The van der Waals surface area contributed by atoms with Crippen molar-refractivity contribution in [3.8, 4) is 0 Å². The quantitative estimate of drug-likeness (QED) is 0.582. The molecule has 132 valence electrons. The van der Waals surface area contributed by atoms with E-state index >= 15 is 0 Å². The van der Waals surface area contributed by atoms with Gasteiger partial charge in [0.1, 0.15) is 10.3 Å². The SMILES string of the molecule is O=C(NCC(c1ccccc1)c1ccccc1)Nc1cc(Cl)nc(Cl)c1. The van der Waals surface area contributed by atoms with Gasteiger partial charge in [0.25, 0.3) is 0 Å². The Kier molecular flexibility index (Phi) is 6.10. The van der Waals surface area contributed by atoms with Gasteiger partial charge in [-0.05, 0) is 23.3 Å². The van der Waals surface area contributed by atoms with Gasteiger partial charge in [0.05, 0.1) is 0 Å². The number of amides is 2. The topological polar surface area (TPSA) is 54.0 Å². The van der Waals surface area contributed by atoms with Crippen LogP contribution in [0.1, 0.15) is 17.0 Å². The number of pyridine rings is 1. The average molecular weight is 386 g/mol. The van der Waals surface area contributed by atoms with Crippen molar-refractivity contribution in [2.45, 2.75) is 5.92 Å². The van der Waals surface area contributed by atoms with Gasteiger partial charge in [0.2, 0.25) is 0 Å². The summed E-state index contributed by atoms with van der Waals surface area (Å²) in [5.41, 5.74) is 2.76. The van der Waals surface area contributed by atoms with Crippen molar-refractivity contribution in [3.05, 3.63) is 94.2 Å². The molecule has 3 aromatic rings. The number of benzene rings is 2. The predicted octanol–water partition coefficient (Wildman–Crippen LogP) is 5.34. The molecule has 0 unspecified atom stereocenters. The smallest absolute Gasteiger partial charge is 0.319 e. The Balaban J connectivity index is 1.70. The summed E-state index contributed by atoms with van der Waals surface area (Å²) in [4.78, 5) is 16.1. The lowest BCUT2D eigenvalue weighted by atomic mass is 9.91. The molecule has 0 bridgehead atoms. The van der Waals surface area contributed by atoms with Gasteiger partial charge in [0.15, 0.2) is 0 Å². The highest BCUT2D eigenvalue weighted by Gasteiger charge is 2.15. The van der Waals surface area contributed by atoms with E-state index in [0.29, 0.717) is 12.2 Å². The van der Waals surface area contributed by atoms with Crippen LogP contribution in [0.4, 0.5) is 10.5 Å². The van der Waals surface area contributed by atoms with Crippen LogP contribution in [-0.4, -0.2) is 17.6 Å². The highest BCUT2D eigenvalue weighted by Crippen LogP contribution is 2.24. The van der Waals surface area contributed by atoms with Crippen LogP contribution in [0.3, 0.4) is 0 Å². The zero-order chi connectivity index (χ0) is 18.4. The maximum absolute atomic E-state index is 12.3. The predicted molar refractivity (Wildman–Crippen MR) is 106 cm³/mol. The first-order valence-corrected chi connectivity index (χ1v) is 8.85. The fourth-order valence-electron chi connectivity index (χ4n) is 2.71. The first-order chi connectivity index (χ1) is 12.6. The normalized spacial score (nSPS) is 10.6. The van der Waals surface area contributed by atoms with Crippen molar-refractivity contribution in [2.75, 3.05) is 11.9 Å². The molecule has 0 atom stereocenters. The summed E-state index contributed by atoms with van der Waals surface area (Å²) < 4.78 is 0. The fraction of sp³-hybridized carbons (Fsp3) is 0.100. The molecular formula is C20H17Cl2N3O. The molecular weight excluding hydrogens is 369 g/mol. The minimum atomic E-state index is -0.333. The van der Waals surface area contributed by atoms with E-state index in [-0.39, 0.29) is 22.3 Å². The Hall–Kier alpha value is -2.56. The summed E-state index contributed by atoms with van der Waals surface area (Å²) in [7, 11) is 0. The van der Waals surface area contributed by atoms with Gasteiger partial charge in [-0.2, -0.15) is 0 Å². The number of nitrogens with zero attached hydrogens (tertiary/aromatic N) is 1. The lowest BCUT2D eigenvalue weighted by molar-refractivity contribution is 0.252. The van der Waals surface area contributed by atoms with Crippen molar-refractivity contribution >= 4 is 34.9 Å². The molecule has 0 aliphatic heterocycles. The maximum atomic E-state index is 12.3. The molecule has 4 nitrogen and oxygen atoms in total. The summed E-state index contributed by atoms with van der Waals surface area (Å²) in [6, 6.07) is 22.9. The van der Waals surface area contributed by atoms with Crippen LogP contribution < -0.4 is 10.6 Å². The Morgan fingerprint density at radius 1 is 0.885 bits per heavy atom. The number of carbonyl (C=O) groups is 1. The standard InChI is InChI=1S/C20H17Cl2N3O/c21-18-11-16(12-19(22)25-18)24-20(26)23-13-17(14-7-3-1-4-8-14)15-9-5-2-6-10-15/h1-12,17H,13H2,(H2,23,24,25,26). The summed E-state index contributed by atoms with van der Waals surface area (Å²) in [5.74, 6) is 0.0489. The van der Waals surface area contributed by atoms with Gasteiger partial charge in [-0.15, -0.1) is 0 Å². The number of nitrogens with one attached hydrogen (secondary N) is 2. The molecule has 3 rings (SSSR count). The molecule has 0 saturated heterocycles. The van der Waals surface area contributed by atoms with Crippen LogP contribution in [0.2, 0.25) is 10.3 Å². The molecule has 1 heterocycles. The number of carbonyl (C=O) groups excluding carboxylic acids is 1. The first-order valence-electron chi connectivity index (χ1n) is 8.09. The molecule has 0 aliphatic rings. The summed E-state index contributed by atoms with van der Waals surface area (Å²) >= 11 is 11.7. The second-order valence-electron chi connectivity index (χ2n) is 5.71. The molecule has 1 aromatic heterocycles. The first kappa shape index (κ1) is 18.2. The van der Waals surface area contributed by atoms with Crippen LogP contribution in [0.25, 0.3) is 0 Å². The van der Waals surface area contributed by atoms with Gasteiger partial charge in [0, 0.05) is 18.2 Å². The van der Waals surface area contributed by atoms with E-state index in [1.54, 1.807) is 12.1 Å². The van der Waals surface area contributed by atoms with Crippen LogP contribution >= 0.6 is 23.2 Å². The van der Waals surface area contributed by atoms with E-state index in [1.807, 2.05) is 36.4 Å². The fourth-order valence-corrected chi connectivity index (χ4v) is 3.17. The zero-order valence-corrected chi connectivity index (χ0v) is 15.3. The highest BCUT2D eigenvalue weighted by molar-refractivity contribution is 6.32. The minimum absolute atomic E-state index is 0.0489. The number of halogens is 2. The number of hydrogen-bond acceptors (Lipinski definition) is 2. The van der Waals surface area contributed by atoms with E-state index in [4.69, 9.17) is 23.2 Å². The third kappa shape index (κ3) is 4.97. The van der Waals surface area contributed by atoms with E-state index in [2.05, 4.69) is 39.9 Å². The Bertz CT molecular complexity index is 813. The van der Waals surface area contributed by atoms with Gasteiger partial charge in [-0.3, -0.25) is 0 Å². The van der Waals surface area contributed by atoms with Gasteiger partial charge < -0.3 is 10.6 Å². The Labute approximate surface area is 162 Å². The van der Waals surface area contributed by atoms with Gasteiger partial charge >= 0.3 is 6.03 Å². The molecule has 2 amide bonds. The zero-order valence-electron chi connectivity index (χ0n) is 13.8. The monoisotopic (exact) mass is 385 g/mol. The number of anilines is 1. The van der Waals surface area contributed by atoms with E-state index in [9.17, 15) is 4.79 Å². The molecule has 0 fully saturated rings. The number of hydrogen-bond donors (Lipinski definition) is 2. The third-order valence-electron chi connectivity index (χ3n) is 3.89. The lowest BCUT2D eigenvalue weighted by Gasteiger charge is -2.19.